The first-order valence-electron chi connectivity index (χ1n) is 8.05. The van der Waals surface area contributed by atoms with E-state index in [9.17, 15) is 13.2 Å². The Balaban J connectivity index is 1.59. The summed E-state index contributed by atoms with van der Waals surface area (Å²) in [6, 6.07) is 15.5. The number of sulfonamides is 1. The molecule has 1 saturated heterocycles. The van der Waals surface area contributed by atoms with Gasteiger partial charge in [-0.3, -0.25) is 4.79 Å². The van der Waals surface area contributed by atoms with Crippen LogP contribution < -0.4 is 4.90 Å². The van der Waals surface area contributed by atoms with Crippen LogP contribution in [-0.4, -0.2) is 37.8 Å². The van der Waals surface area contributed by atoms with E-state index in [1.54, 1.807) is 35.2 Å². The van der Waals surface area contributed by atoms with Gasteiger partial charge in [0.25, 0.3) is 0 Å². The van der Waals surface area contributed by atoms with Gasteiger partial charge in [0, 0.05) is 18.8 Å². The lowest BCUT2D eigenvalue weighted by Crippen LogP contribution is -2.58. The molecule has 1 amide bonds. The van der Waals surface area contributed by atoms with Gasteiger partial charge in [0.15, 0.2) is 0 Å². The first-order chi connectivity index (χ1) is 11.6. The molecule has 0 spiro atoms. The topological polar surface area (TPSA) is 57.7 Å². The highest BCUT2D eigenvalue weighted by molar-refractivity contribution is 7.89. The monoisotopic (exact) mass is 342 g/mol. The Labute approximate surface area is 141 Å². The van der Waals surface area contributed by atoms with E-state index in [0.29, 0.717) is 19.5 Å². The predicted octanol–water partition coefficient (Wildman–Crippen LogP) is 2.04. The third kappa shape index (κ3) is 2.34. The third-order valence-corrected chi connectivity index (χ3v) is 6.68. The fraction of sp³-hybridized carbons (Fsp3) is 0.278. The number of carbonyl (C=O) groups excluding carboxylic acids is 1. The van der Waals surface area contributed by atoms with Gasteiger partial charge < -0.3 is 4.90 Å². The maximum atomic E-state index is 12.9. The summed E-state index contributed by atoms with van der Waals surface area (Å²) in [5.74, 6) is -0.120. The van der Waals surface area contributed by atoms with Crippen molar-refractivity contribution in [2.24, 2.45) is 0 Å². The van der Waals surface area contributed by atoms with Gasteiger partial charge in [-0.05, 0) is 36.6 Å². The second-order valence-corrected chi connectivity index (χ2v) is 7.99. The maximum absolute atomic E-state index is 12.9. The number of rotatable bonds is 3. The Morgan fingerprint density at radius 1 is 0.958 bits per heavy atom. The quantitative estimate of drug-likeness (QED) is 0.858. The van der Waals surface area contributed by atoms with Gasteiger partial charge >= 0.3 is 0 Å². The number of para-hydroxylation sites is 1. The number of anilines is 1. The Morgan fingerprint density at radius 2 is 1.67 bits per heavy atom. The normalized spacial score (nSPS) is 20.5. The molecule has 24 heavy (non-hydrogen) atoms. The molecule has 0 N–H and O–H groups in total. The van der Waals surface area contributed by atoms with Crippen molar-refractivity contribution in [1.82, 2.24) is 4.31 Å². The summed E-state index contributed by atoms with van der Waals surface area (Å²) in [5.41, 5.74) is 2.05. The van der Waals surface area contributed by atoms with Crippen molar-refractivity contribution in [2.75, 3.05) is 18.0 Å². The van der Waals surface area contributed by atoms with Crippen molar-refractivity contribution < 1.29 is 13.2 Å². The zero-order valence-electron chi connectivity index (χ0n) is 13.1. The van der Waals surface area contributed by atoms with Gasteiger partial charge in [0.2, 0.25) is 15.9 Å². The molecule has 0 radical (unpaired) electrons. The highest BCUT2D eigenvalue weighted by atomic mass is 32.2. The van der Waals surface area contributed by atoms with Crippen LogP contribution in [0.4, 0.5) is 5.69 Å². The minimum atomic E-state index is -3.62. The van der Waals surface area contributed by atoms with Crippen molar-refractivity contribution in [1.29, 1.82) is 0 Å². The number of hydrogen-bond donors (Lipinski definition) is 0. The molecule has 2 aliphatic rings. The predicted molar refractivity (Wildman–Crippen MR) is 91.2 cm³/mol. The second kappa shape index (κ2) is 5.72. The summed E-state index contributed by atoms with van der Waals surface area (Å²) in [4.78, 5) is 14.9. The summed E-state index contributed by atoms with van der Waals surface area (Å²) in [6.07, 6.45) is 1.39. The van der Waals surface area contributed by atoms with Gasteiger partial charge in [-0.2, -0.15) is 4.31 Å². The summed E-state index contributed by atoms with van der Waals surface area (Å²) in [7, 11) is -3.62. The second-order valence-electron chi connectivity index (χ2n) is 6.10. The molecule has 1 fully saturated rings. The summed E-state index contributed by atoms with van der Waals surface area (Å²) < 4.78 is 26.8. The molecule has 0 unspecified atom stereocenters. The molecule has 0 aliphatic carbocycles. The minimum Gasteiger partial charge on any atom is -0.310 e. The smallest absolute Gasteiger partial charge is 0.245 e. The van der Waals surface area contributed by atoms with Crippen molar-refractivity contribution >= 4 is 21.6 Å². The molecule has 2 aromatic carbocycles. The lowest BCUT2D eigenvalue weighted by atomic mass is 10.1. The van der Waals surface area contributed by atoms with E-state index in [1.165, 1.54) is 4.31 Å². The van der Waals surface area contributed by atoms with E-state index in [0.717, 1.165) is 17.7 Å². The highest BCUT2D eigenvalue weighted by Gasteiger charge is 2.45. The molecule has 0 saturated carbocycles. The van der Waals surface area contributed by atoms with Crippen LogP contribution in [0.3, 0.4) is 0 Å². The van der Waals surface area contributed by atoms with Crippen LogP contribution in [-0.2, 0) is 21.2 Å². The summed E-state index contributed by atoms with van der Waals surface area (Å²) in [6.45, 7) is 1.01. The van der Waals surface area contributed by atoms with E-state index < -0.39 is 16.1 Å². The van der Waals surface area contributed by atoms with E-state index in [-0.39, 0.29) is 10.8 Å². The van der Waals surface area contributed by atoms with Gasteiger partial charge in [-0.15, -0.1) is 0 Å². The Hall–Kier alpha value is -2.18. The Morgan fingerprint density at radius 3 is 2.38 bits per heavy atom. The molecule has 6 heteroatoms. The van der Waals surface area contributed by atoms with Crippen LogP contribution in [0.1, 0.15) is 12.0 Å². The summed E-state index contributed by atoms with van der Waals surface area (Å²) in [5, 5.41) is 0. The zero-order chi connectivity index (χ0) is 16.7. The maximum Gasteiger partial charge on any atom is 0.245 e. The van der Waals surface area contributed by atoms with Crippen molar-refractivity contribution in [2.45, 2.75) is 23.8 Å². The first kappa shape index (κ1) is 15.4. The van der Waals surface area contributed by atoms with Gasteiger partial charge in [0.05, 0.1) is 4.90 Å². The lowest BCUT2D eigenvalue weighted by Gasteiger charge is -2.40. The number of amides is 1. The number of carbonyl (C=O) groups is 1. The molecule has 2 heterocycles. The van der Waals surface area contributed by atoms with Crippen LogP contribution in [0.15, 0.2) is 59.5 Å². The molecule has 2 aliphatic heterocycles. The van der Waals surface area contributed by atoms with E-state index >= 15 is 0 Å². The van der Waals surface area contributed by atoms with E-state index in [4.69, 9.17) is 0 Å². The standard InChI is InChI=1S/C18H18N2O3S/c21-18(19-12-10-14-6-4-5-9-16(14)19)17-11-13-20(17)24(22,23)15-7-2-1-3-8-15/h1-9,17H,10-13H2/t17-/m1/s1. The van der Waals surface area contributed by atoms with Crippen molar-refractivity contribution in [3.8, 4) is 0 Å². The lowest BCUT2D eigenvalue weighted by molar-refractivity contribution is -0.124. The average Bonchev–Trinajstić information content (AvgIpc) is 2.98. The number of benzene rings is 2. The number of fused-ring (bicyclic) bond motifs is 1. The molecule has 124 valence electrons. The van der Waals surface area contributed by atoms with Gasteiger partial charge in [-0.1, -0.05) is 36.4 Å². The molecule has 1 atom stereocenters. The molecule has 4 rings (SSSR count). The summed E-state index contributed by atoms with van der Waals surface area (Å²) >= 11 is 0. The molecular weight excluding hydrogens is 324 g/mol. The Bertz CT molecular complexity index is 880. The number of hydrogen-bond acceptors (Lipinski definition) is 3. The largest absolute Gasteiger partial charge is 0.310 e. The molecule has 2 aromatic rings. The van der Waals surface area contributed by atoms with E-state index in [2.05, 4.69) is 0 Å². The van der Waals surface area contributed by atoms with Crippen LogP contribution in [0, 0.1) is 0 Å². The van der Waals surface area contributed by atoms with Crippen molar-refractivity contribution in [3.05, 3.63) is 60.2 Å². The minimum absolute atomic E-state index is 0.120. The van der Waals surface area contributed by atoms with E-state index in [1.807, 2.05) is 24.3 Å². The fourth-order valence-electron chi connectivity index (χ4n) is 3.37. The average molecular weight is 342 g/mol. The van der Waals surface area contributed by atoms with Crippen LogP contribution >= 0.6 is 0 Å². The van der Waals surface area contributed by atoms with Crippen LogP contribution in [0.25, 0.3) is 0 Å². The zero-order valence-corrected chi connectivity index (χ0v) is 13.9. The molecule has 0 bridgehead atoms. The van der Waals surface area contributed by atoms with Crippen LogP contribution in [0.2, 0.25) is 0 Å². The van der Waals surface area contributed by atoms with Gasteiger partial charge in [-0.25, -0.2) is 8.42 Å². The SMILES string of the molecule is O=C([C@H]1CCN1S(=O)(=O)c1ccccc1)N1CCc2ccccc21. The molecule has 5 nitrogen and oxygen atoms in total. The molecule has 0 aromatic heterocycles. The van der Waals surface area contributed by atoms with Crippen molar-refractivity contribution in [3.63, 3.8) is 0 Å². The highest BCUT2D eigenvalue weighted by Crippen LogP contribution is 2.33. The molecular formula is C18H18N2O3S. The fourth-order valence-corrected chi connectivity index (χ4v) is 5.02. The Kier molecular flexibility index (Phi) is 3.66. The third-order valence-electron chi connectivity index (χ3n) is 4.76. The first-order valence-corrected chi connectivity index (χ1v) is 9.49. The number of nitrogens with zero attached hydrogens (tertiary/aromatic N) is 2. The van der Waals surface area contributed by atoms with Gasteiger partial charge in [0.1, 0.15) is 6.04 Å². The van der Waals surface area contributed by atoms with Crippen LogP contribution in [0.5, 0.6) is 0 Å².